The molecule has 1 aromatic carbocycles. The first-order valence-corrected chi connectivity index (χ1v) is 4.19. The fourth-order valence-corrected chi connectivity index (χ4v) is 1.12. The van der Waals surface area contributed by atoms with E-state index in [9.17, 15) is 4.79 Å². The molecule has 2 N–H and O–H groups in total. The largest absolute Gasteiger partial charge is 0.404 e. The number of rotatable bonds is 3. The topological polar surface area (TPSA) is 43.1 Å². The predicted molar refractivity (Wildman–Crippen MR) is 53.1 cm³/mol. The summed E-state index contributed by atoms with van der Waals surface area (Å²) in [7, 11) is 0. The minimum absolute atomic E-state index is 0.0337. The maximum atomic E-state index is 11.0. The van der Waals surface area contributed by atoms with Crippen LogP contribution in [-0.4, -0.2) is 5.78 Å². The zero-order valence-electron chi connectivity index (χ0n) is 7.66. The van der Waals surface area contributed by atoms with Crippen LogP contribution in [0.15, 0.2) is 42.1 Å². The minimum atomic E-state index is 0.0337. The van der Waals surface area contributed by atoms with Gasteiger partial charge in [0.1, 0.15) is 0 Å². The molecule has 1 rings (SSSR count). The van der Waals surface area contributed by atoms with E-state index in [2.05, 4.69) is 0 Å². The molecule has 0 bridgehead atoms. The Kier molecular flexibility index (Phi) is 3.26. The highest BCUT2D eigenvalue weighted by Crippen LogP contribution is 2.07. The molecule has 0 saturated heterocycles. The molecule has 0 aliphatic carbocycles. The Hall–Kier alpha value is -1.57. The summed E-state index contributed by atoms with van der Waals surface area (Å²) in [4.78, 5) is 11.0. The lowest BCUT2D eigenvalue weighted by molar-refractivity contribution is -0.113. The van der Waals surface area contributed by atoms with E-state index in [4.69, 9.17) is 5.73 Å². The average molecular weight is 175 g/mol. The molecule has 0 amide bonds. The molecule has 2 heteroatoms. The smallest absolute Gasteiger partial charge is 0.157 e. The predicted octanol–water partition coefficient (Wildman–Crippen LogP) is 1.66. The lowest BCUT2D eigenvalue weighted by atomic mass is 10.0. The maximum absolute atomic E-state index is 11.0. The van der Waals surface area contributed by atoms with Crippen LogP contribution in [0.4, 0.5) is 0 Å². The lowest BCUT2D eigenvalue weighted by Gasteiger charge is -2.01. The van der Waals surface area contributed by atoms with Gasteiger partial charge in [0.2, 0.25) is 0 Å². The van der Waals surface area contributed by atoms with E-state index < -0.39 is 0 Å². The lowest BCUT2D eigenvalue weighted by Crippen LogP contribution is -2.03. The van der Waals surface area contributed by atoms with Gasteiger partial charge in [0.05, 0.1) is 0 Å². The zero-order chi connectivity index (χ0) is 9.68. The Bertz CT molecular complexity index is 314. The van der Waals surface area contributed by atoms with Gasteiger partial charge in [0.25, 0.3) is 0 Å². The van der Waals surface area contributed by atoms with E-state index in [0.717, 1.165) is 5.56 Å². The van der Waals surface area contributed by atoms with Gasteiger partial charge in [-0.1, -0.05) is 30.3 Å². The van der Waals surface area contributed by atoms with Crippen LogP contribution in [0, 0.1) is 0 Å². The highest BCUT2D eigenvalue weighted by atomic mass is 16.1. The second-order valence-corrected chi connectivity index (χ2v) is 2.91. The van der Waals surface area contributed by atoms with Crippen molar-refractivity contribution in [2.45, 2.75) is 13.3 Å². The molecule has 0 heterocycles. The second kappa shape index (κ2) is 4.45. The molecule has 1 aromatic rings. The van der Waals surface area contributed by atoms with Crippen molar-refractivity contribution in [3.05, 3.63) is 47.7 Å². The highest BCUT2D eigenvalue weighted by Gasteiger charge is 2.03. The van der Waals surface area contributed by atoms with Crippen LogP contribution >= 0.6 is 0 Å². The molecule has 0 spiro atoms. The van der Waals surface area contributed by atoms with Gasteiger partial charge < -0.3 is 5.73 Å². The Morgan fingerprint density at radius 3 is 2.46 bits per heavy atom. The van der Waals surface area contributed by atoms with Crippen LogP contribution < -0.4 is 5.73 Å². The van der Waals surface area contributed by atoms with Crippen LogP contribution in [0.5, 0.6) is 0 Å². The van der Waals surface area contributed by atoms with Crippen molar-refractivity contribution in [3.63, 3.8) is 0 Å². The molecule has 0 aromatic heterocycles. The molecule has 0 radical (unpaired) electrons. The van der Waals surface area contributed by atoms with Gasteiger partial charge in [-0.3, -0.25) is 4.79 Å². The van der Waals surface area contributed by atoms with Crippen molar-refractivity contribution >= 4 is 5.78 Å². The van der Waals surface area contributed by atoms with Crippen molar-refractivity contribution < 1.29 is 4.79 Å². The Morgan fingerprint density at radius 2 is 2.00 bits per heavy atom. The highest BCUT2D eigenvalue weighted by molar-refractivity contribution is 5.93. The minimum Gasteiger partial charge on any atom is -0.404 e. The molecule has 0 atom stereocenters. The maximum Gasteiger partial charge on any atom is 0.157 e. The summed E-state index contributed by atoms with van der Waals surface area (Å²) in [6.45, 7) is 1.53. The summed E-state index contributed by atoms with van der Waals surface area (Å²) in [6.07, 6.45) is 2.00. The van der Waals surface area contributed by atoms with Crippen LogP contribution in [0.2, 0.25) is 0 Å². The summed E-state index contributed by atoms with van der Waals surface area (Å²) in [5.41, 5.74) is 7.10. The summed E-state index contributed by atoms with van der Waals surface area (Å²) in [6, 6.07) is 9.80. The van der Waals surface area contributed by atoms with Gasteiger partial charge >= 0.3 is 0 Å². The fourth-order valence-electron chi connectivity index (χ4n) is 1.12. The standard InChI is InChI=1S/C11H13NO/c1-9(13)11(8-12)7-10-5-3-2-4-6-10/h2-6,8H,7,12H2,1H3. The Labute approximate surface area is 78.1 Å². The number of Topliss-reactive ketones (excluding diaryl/α,β-unsaturated/α-hetero) is 1. The Balaban J connectivity index is 2.74. The number of hydrogen-bond donors (Lipinski definition) is 1. The van der Waals surface area contributed by atoms with Crippen molar-refractivity contribution in [2.24, 2.45) is 5.73 Å². The van der Waals surface area contributed by atoms with Crippen molar-refractivity contribution in [3.8, 4) is 0 Å². The summed E-state index contributed by atoms with van der Waals surface area (Å²) in [5.74, 6) is 0.0337. The summed E-state index contributed by atoms with van der Waals surface area (Å²) in [5, 5.41) is 0. The third kappa shape index (κ3) is 2.75. The molecule has 0 unspecified atom stereocenters. The molecule has 0 aliphatic rings. The fraction of sp³-hybridized carbons (Fsp3) is 0.182. The molecular weight excluding hydrogens is 162 g/mol. The number of hydrogen-bond acceptors (Lipinski definition) is 2. The molecule has 68 valence electrons. The van der Waals surface area contributed by atoms with E-state index in [1.165, 1.54) is 13.1 Å². The zero-order valence-corrected chi connectivity index (χ0v) is 7.66. The normalized spacial score (nSPS) is 11.3. The summed E-state index contributed by atoms with van der Waals surface area (Å²) < 4.78 is 0. The van der Waals surface area contributed by atoms with Gasteiger partial charge in [0, 0.05) is 18.2 Å². The van der Waals surface area contributed by atoms with Gasteiger partial charge in [-0.15, -0.1) is 0 Å². The molecule has 0 aliphatic heterocycles. The molecule has 13 heavy (non-hydrogen) atoms. The number of carbonyl (C=O) groups excluding carboxylic acids is 1. The van der Waals surface area contributed by atoms with E-state index >= 15 is 0 Å². The number of benzene rings is 1. The quantitative estimate of drug-likeness (QED) is 0.710. The van der Waals surface area contributed by atoms with Crippen LogP contribution in [-0.2, 0) is 11.2 Å². The van der Waals surface area contributed by atoms with Gasteiger partial charge in [-0.2, -0.15) is 0 Å². The van der Waals surface area contributed by atoms with E-state index in [1.54, 1.807) is 0 Å². The number of ketones is 1. The molecule has 0 fully saturated rings. The van der Waals surface area contributed by atoms with Crippen LogP contribution in [0.25, 0.3) is 0 Å². The van der Waals surface area contributed by atoms with Gasteiger partial charge in [0.15, 0.2) is 5.78 Å². The Morgan fingerprint density at radius 1 is 1.38 bits per heavy atom. The first-order valence-electron chi connectivity index (χ1n) is 4.19. The summed E-state index contributed by atoms with van der Waals surface area (Å²) >= 11 is 0. The third-order valence-electron chi connectivity index (χ3n) is 1.89. The monoisotopic (exact) mass is 175 g/mol. The molecule has 2 nitrogen and oxygen atoms in total. The van der Waals surface area contributed by atoms with E-state index in [-0.39, 0.29) is 5.78 Å². The number of carbonyl (C=O) groups is 1. The van der Waals surface area contributed by atoms with E-state index in [0.29, 0.717) is 12.0 Å². The SMILES string of the molecule is CC(=O)C(=CN)Cc1ccccc1. The van der Waals surface area contributed by atoms with Gasteiger partial charge in [-0.05, 0) is 12.5 Å². The molecular formula is C11H13NO. The number of allylic oxidation sites excluding steroid dienone is 1. The first-order chi connectivity index (χ1) is 6.24. The van der Waals surface area contributed by atoms with Crippen molar-refractivity contribution in [1.29, 1.82) is 0 Å². The van der Waals surface area contributed by atoms with Crippen LogP contribution in [0.1, 0.15) is 12.5 Å². The first kappa shape index (κ1) is 9.52. The second-order valence-electron chi connectivity index (χ2n) is 2.91. The van der Waals surface area contributed by atoms with Crippen LogP contribution in [0.3, 0.4) is 0 Å². The third-order valence-corrected chi connectivity index (χ3v) is 1.89. The van der Waals surface area contributed by atoms with Crippen molar-refractivity contribution in [2.75, 3.05) is 0 Å². The molecule has 0 saturated carbocycles. The average Bonchev–Trinajstić information content (AvgIpc) is 2.15. The van der Waals surface area contributed by atoms with Gasteiger partial charge in [-0.25, -0.2) is 0 Å². The van der Waals surface area contributed by atoms with E-state index in [1.807, 2.05) is 30.3 Å². The number of nitrogens with two attached hydrogens (primary N) is 1. The van der Waals surface area contributed by atoms with Crippen molar-refractivity contribution in [1.82, 2.24) is 0 Å².